The van der Waals surface area contributed by atoms with Crippen LogP contribution < -0.4 is 10.5 Å². The molecule has 0 saturated carbocycles. The van der Waals surface area contributed by atoms with E-state index in [0.29, 0.717) is 27.2 Å². The van der Waals surface area contributed by atoms with Gasteiger partial charge < -0.3 is 9.47 Å². The molecule has 0 radical (unpaired) electrons. The molecule has 24 heavy (non-hydrogen) atoms. The summed E-state index contributed by atoms with van der Waals surface area (Å²) in [4.78, 5) is 32.5. The van der Waals surface area contributed by atoms with Gasteiger partial charge in [0.05, 0.1) is 16.6 Å². The van der Waals surface area contributed by atoms with Crippen molar-refractivity contribution in [3.05, 3.63) is 70.1 Å². The number of para-hydroxylation sites is 1. The number of nitrogens with zero attached hydrogens (tertiary/aromatic N) is 3. The Kier molecular flexibility index (Phi) is 4.31. The van der Waals surface area contributed by atoms with Gasteiger partial charge in [-0.1, -0.05) is 24.3 Å². The van der Waals surface area contributed by atoms with E-state index in [1.165, 1.54) is 22.2 Å². The maximum atomic E-state index is 13.1. The molecule has 0 atom stereocenters. The van der Waals surface area contributed by atoms with Crippen LogP contribution in [0, 0.1) is 6.92 Å². The number of hydrogen-bond donors (Lipinski definition) is 0. The van der Waals surface area contributed by atoms with Crippen molar-refractivity contribution in [1.29, 1.82) is 0 Å². The van der Waals surface area contributed by atoms with Crippen LogP contribution in [0.15, 0.2) is 54.1 Å². The molecule has 6 heteroatoms. The summed E-state index contributed by atoms with van der Waals surface area (Å²) in [6.07, 6.45) is 3.17. The highest BCUT2D eigenvalue weighted by atomic mass is 32.1. The first-order chi connectivity index (χ1) is 11.5. The number of thiophene rings is 1. The van der Waals surface area contributed by atoms with E-state index in [9.17, 15) is 9.59 Å². The normalized spacial score (nSPS) is 10.8. The second-order valence-corrected chi connectivity index (χ2v) is 6.44. The van der Waals surface area contributed by atoms with Gasteiger partial charge in [0.2, 0.25) is 0 Å². The zero-order valence-corrected chi connectivity index (χ0v) is 14.3. The number of hydrogen-bond acceptors (Lipinski definition) is 4. The first-order valence-electron chi connectivity index (χ1n) is 7.47. The molecule has 1 aromatic carbocycles. The van der Waals surface area contributed by atoms with Crippen molar-refractivity contribution in [2.75, 3.05) is 11.4 Å². The molecule has 3 aromatic rings. The molecule has 0 spiro atoms. The Morgan fingerprint density at radius 2 is 2.08 bits per heavy atom. The van der Waals surface area contributed by atoms with Gasteiger partial charge in [0.15, 0.2) is 0 Å². The van der Waals surface area contributed by atoms with E-state index in [2.05, 4.69) is 11.6 Å². The van der Waals surface area contributed by atoms with E-state index < -0.39 is 0 Å². The van der Waals surface area contributed by atoms with E-state index in [0.717, 1.165) is 5.69 Å². The van der Waals surface area contributed by atoms with Gasteiger partial charge in [-0.3, -0.25) is 9.59 Å². The lowest BCUT2D eigenvalue weighted by molar-refractivity contribution is 0.0993. The number of aryl methyl sites for hydroxylation is 2. The SMILES string of the molecule is C=CCN(C(=O)c1sc2ncn(C)c(=O)c2c1C)c1ccccc1. The summed E-state index contributed by atoms with van der Waals surface area (Å²) in [6.45, 7) is 5.93. The summed E-state index contributed by atoms with van der Waals surface area (Å²) < 4.78 is 1.43. The number of aromatic nitrogens is 2. The molecule has 0 aliphatic carbocycles. The van der Waals surface area contributed by atoms with Crippen LogP contribution in [0.4, 0.5) is 5.69 Å². The van der Waals surface area contributed by atoms with Crippen LogP contribution in [-0.2, 0) is 7.05 Å². The van der Waals surface area contributed by atoms with Gasteiger partial charge in [0.25, 0.3) is 11.5 Å². The summed E-state index contributed by atoms with van der Waals surface area (Å²) in [5.41, 5.74) is 1.33. The molecule has 3 rings (SSSR count). The van der Waals surface area contributed by atoms with E-state index in [1.54, 1.807) is 24.9 Å². The molecule has 2 aromatic heterocycles. The van der Waals surface area contributed by atoms with Crippen molar-refractivity contribution in [3.8, 4) is 0 Å². The maximum Gasteiger partial charge on any atom is 0.269 e. The third-order valence-corrected chi connectivity index (χ3v) is 5.02. The van der Waals surface area contributed by atoms with Gasteiger partial charge >= 0.3 is 0 Å². The van der Waals surface area contributed by atoms with Crippen molar-refractivity contribution in [2.24, 2.45) is 7.05 Å². The van der Waals surface area contributed by atoms with Crippen molar-refractivity contribution in [2.45, 2.75) is 6.92 Å². The first-order valence-corrected chi connectivity index (χ1v) is 8.28. The van der Waals surface area contributed by atoms with Crippen molar-refractivity contribution in [3.63, 3.8) is 0 Å². The number of benzene rings is 1. The van der Waals surface area contributed by atoms with Gasteiger partial charge in [0.1, 0.15) is 4.83 Å². The third kappa shape index (κ3) is 2.65. The Morgan fingerprint density at radius 1 is 1.38 bits per heavy atom. The lowest BCUT2D eigenvalue weighted by Crippen LogP contribution is -2.30. The molecule has 0 aliphatic heterocycles. The highest BCUT2D eigenvalue weighted by molar-refractivity contribution is 7.20. The van der Waals surface area contributed by atoms with E-state index in [-0.39, 0.29) is 11.5 Å². The van der Waals surface area contributed by atoms with Gasteiger partial charge in [-0.25, -0.2) is 4.98 Å². The summed E-state index contributed by atoms with van der Waals surface area (Å²) in [7, 11) is 1.65. The summed E-state index contributed by atoms with van der Waals surface area (Å²) in [5.74, 6) is -0.149. The summed E-state index contributed by atoms with van der Waals surface area (Å²) in [5, 5.41) is 0.514. The predicted molar refractivity (Wildman–Crippen MR) is 97.9 cm³/mol. The molecule has 0 N–H and O–H groups in total. The Bertz CT molecular complexity index is 973. The van der Waals surface area contributed by atoms with Crippen LogP contribution in [0.1, 0.15) is 15.2 Å². The number of fused-ring (bicyclic) bond motifs is 1. The number of rotatable bonds is 4. The zero-order chi connectivity index (χ0) is 17.3. The van der Waals surface area contributed by atoms with Crippen molar-refractivity contribution < 1.29 is 4.79 Å². The molecule has 0 aliphatic rings. The lowest BCUT2D eigenvalue weighted by atomic mass is 10.2. The standard InChI is InChI=1S/C18H17N3O2S/c1-4-10-21(13-8-6-5-7-9-13)18(23)15-12(2)14-16(24-15)19-11-20(3)17(14)22/h4-9,11H,1,10H2,2-3H3. The van der Waals surface area contributed by atoms with Crippen LogP contribution >= 0.6 is 11.3 Å². The predicted octanol–water partition coefficient (Wildman–Crippen LogP) is 3.14. The van der Waals surface area contributed by atoms with E-state index >= 15 is 0 Å². The number of carbonyl (C=O) groups excluding carboxylic acids is 1. The average Bonchev–Trinajstić information content (AvgIpc) is 2.93. The highest BCUT2D eigenvalue weighted by Gasteiger charge is 2.23. The molecule has 122 valence electrons. The summed E-state index contributed by atoms with van der Waals surface area (Å²) >= 11 is 1.25. The van der Waals surface area contributed by atoms with Gasteiger partial charge in [-0.15, -0.1) is 17.9 Å². The molecular formula is C18H17N3O2S. The van der Waals surface area contributed by atoms with Crippen molar-refractivity contribution >= 4 is 33.1 Å². The van der Waals surface area contributed by atoms with Crippen molar-refractivity contribution in [1.82, 2.24) is 9.55 Å². The number of amides is 1. The fourth-order valence-corrected chi connectivity index (χ4v) is 3.67. The highest BCUT2D eigenvalue weighted by Crippen LogP contribution is 2.29. The van der Waals surface area contributed by atoms with Crippen LogP contribution in [0.2, 0.25) is 0 Å². The largest absolute Gasteiger partial charge is 0.304 e. The Hall–Kier alpha value is -2.73. The van der Waals surface area contributed by atoms with Gasteiger partial charge in [-0.05, 0) is 24.6 Å². The minimum absolute atomic E-state index is 0.136. The molecule has 0 bridgehead atoms. The fraction of sp³-hybridized carbons (Fsp3) is 0.167. The van der Waals surface area contributed by atoms with E-state index in [1.807, 2.05) is 30.3 Å². The molecule has 5 nitrogen and oxygen atoms in total. The van der Waals surface area contributed by atoms with Crippen LogP contribution in [0.3, 0.4) is 0 Å². The Morgan fingerprint density at radius 3 is 2.75 bits per heavy atom. The lowest BCUT2D eigenvalue weighted by Gasteiger charge is -2.20. The molecule has 2 heterocycles. The minimum atomic E-state index is -0.149. The number of carbonyl (C=O) groups is 1. The second-order valence-electron chi connectivity index (χ2n) is 5.44. The van der Waals surface area contributed by atoms with Crippen LogP contribution in [-0.4, -0.2) is 22.0 Å². The zero-order valence-electron chi connectivity index (χ0n) is 13.5. The maximum absolute atomic E-state index is 13.1. The smallest absolute Gasteiger partial charge is 0.269 e. The van der Waals surface area contributed by atoms with Crippen LogP contribution in [0.25, 0.3) is 10.2 Å². The van der Waals surface area contributed by atoms with E-state index in [4.69, 9.17) is 0 Å². The topological polar surface area (TPSA) is 55.2 Å². The quantitative estimate of drug-likeness (QED) is 0.686. The molecule has 0 fully saturated rings. The number of anilines is 1. The summed E-state index contributed by atoms with van der Waals surface area (Å²) in [6, 6.07) is 9.42. The molecule has 0 unspecified atom stereocenters. The Balaban J connectivity index is 2.13. The van der Waals surface area contributed by atoms with Gasteiger partial charge in [-0.2, -0.15) is 0 Å². The monoisotopic (exact) mass is 339 g/mol. The molecule has 0 saturated heterocycles. The van der Waals surface area contributed by atoms with Gasteiger partial charge in [0, 0.05) is 19.3 Å². The Labute approximate surface area is 143 Å². The fourth-order valence-electron chi connectivity index (χ4n) is 2.58. The molecular weight excluding hydrogens is 322 g/mol. The third-order valence-electron chi connectivity index (χ3n) is 3.83. The van der Waals surface area contributed by atoms with Crippen LogP contribution in [0.5, 0.6) is 0 Å². The first kappa shape index (κ1) is 16.1. The average molecular weight is 339 g/mol. The second kappa shape index (κ2) is 6.41. The molecule has 1 amide bonds. The minimum Gasteiger partial charge on any atom is -0.304 e.